The van der Waals surface area contributed by atoms with Gasteiger partial charge in [0, 0.05) is 23.5 Å². The largest absolute Gasteiger partial charge is 0.361 e. The number of hydrogen-bond acceptors (Lipinski definition) is 4. The summed E-state index contributed by atoms with van der Waals surface area (Å²) in [6, 6.07) is 12.8. The maximum atomic E-state index is 11.2. The Morgan fingerprint density at radius 2 is 1.75 bits per heavy atom. The highest BCUT2D eigenvalue weighted by Gasteiger charge is 2.10. The number of nitrogens with zero attached hydrogens (tertiary/aromatic N) is 2. The molecule has 0 atom stereocenters. The number of carbonyl (C=O) groups excluding carboxylic acids is 2. The average Bonchev–Trinajstić information content (AvgIpc) is 2.49. The van der Waals surface area contributed by atoms with Crippen LogP contribution in [0.15, 0.2) is 60.0 Å². The third kappa shape index (κ3) is 3.26. The molecular formula is C14H12N4O2. The molecule has 1 aromatic carbocycles. The van der Waals surface area contributed by atoms with Gasteiger partial charge in [-0.25, -0.2) is 5.43 Å². The molecule has 1 aromatic heterocycles. The van der Waals surface area contributed by atoms with Crippen LogP contribution in [-0.2, 0) is 9.59 Å². The van der Waals surface area contributed by atoms with Crippen molar-refractivity contribution in [1.82, 2.24) is 10.4 Å². The topological polar surface area (TPSA) is 97.4 Å². The highest BCUT2D eigenvalue weighted by atomic mass is 16.2. The Bertz CT molecular complexity index is 597. The number of amides is 2. The summed E-state index contributed by atoms with van der Waals surface area (Å²) in [5.41, 5.74) is 8.98. The van der Waals surface area contributed by atoms with Crippen LogP contribution in [-0.4, -0.2) is 22.5 Å². The highest BCUT2D eigenvalue weighted by Crippen LogP contribution is 2.09. The zero-order valence-corrected chi connectivity index (χ0v) is 10.5. The molecule has 0 spiro atoms. The van der Waals surface area contributed by atoms with Gasteiger partial charge in [0.05, 0.1) is 5.71 Å². The number of aromatic nitrogens is 1. The fourth-order valence-corrected chi connectivity index (χ4v) is 1.56. The standard InChI is InChI=1S/C14H12N4O2/c15-13(19)14(20)18-17-12(10-5-2-1-3-6-10)11-7-4-8-16-9-11/h1-9H,(H2,15,19)(H,18,20)/b17-12+. The van der Waals surface area contributed by atoms with Gasteiger partial charge in [-0.05, 0) is 12.1 Å². The van der Waals surface area contributed by atoms with E-state index in [4.69, 9.17) is 5.73 Å². The molecule has 0 bridgehead atoms. The van der Waals surface area contributed by atoms with E-state index in [0.717, 1.165) is 5.56 Å². The molecule has 20 heavy (non-hydrogen) atoms. The Kier molecular flexibility index (Phi) is 4.18. The van der Waals surface area contributed by atoms with Crippen LogP contribution >= 0.6 is 0 Å². The SMILES string of the molecule is NC(=O)C(=O)N/N=C(\c1ccccc1)c1cccnc1. The van der Waals surface area contributed by atoms with E-state index in [1.807, 2.05) is 30.3 Å². The molecule has 100 valence electrons. The zero-order chi connectivity index (χ0) is 14.4. The summed E-state index contributed by atoms with van der Waals surface area (Å²) in [5, 5.41) is 3.96. The van der Waals surface area contributed by atoms with Gasteiger partial charge < -0.3 is 5.73 Å². The van der Waals surface area contributed by atoms with Gasteiger partial charge in [-0.15, -0.1) is 0 Å². The van der Waals surface area contributed by atoms with Crippen molar-refractivity contribution in [2.24, 2.45) is 10.8 Å². The van der Waals surface area contributed by atoms with Crippen LogP contribution in [0, 0.1) is 0 Å². The van der Waals surface area contributed by atoms with E-state index in [1.165, 1.54) is 0 Å². The first-order valence-corrected chi connectivity index (χ1v) is 5.82. The summed E-state index contributed by atoms with van der Waals surface area (Å²) in [4.78, 5) is 25.9. The van der Waals surface area contributed by atoms with E-state index < -0.39 is 11.8 Å². The summed E-state index contributed by atoms with van der Waals surface area (Å²) in [6.07, 6.45) is 3.25. The van der Waals surface area contributed by atoms with Gasteiger partial charge in [0.2, 0.25) is 0 Å². The van der Waals surface area contributed by atoms with E-state index in [9.17, 15) is 9.59 Å². The Balaban J connectivity index is 2.38. The van der Waals surface area contributed by atoms with Crippen molar-refractivity contribution in [2.75, 3.05) is 0 Å². The second-order valence-electron chi connectivity index (χ2n) is 3.87. The lowest BCUT2D eigenvalue weighted by Gasteiger charge is -2.06. The summed E-state index contributed by atoms with van der Waals surface area (Å²) >= 11 is 0. The molecule has 1 heterocycles. The number of primary amides is 1. The first-order valence-electron chi connectivity index (χ1n) is 5.82. The molecule has 0 aliphatic carbocycles. The van der Waals surface area contributed by atoms with Gasteiger partial charge in [0.25, 0.3) is 0 Å². The number of hydrogen-bond donors (Lipinski definition) is 2. The van der Waals surface area contributed by atoms with Crippen LogP contribution in [0.25, 0.3) is 0 Å². The van der Waals surface area contributed by atoms with Crippen LogP contribution in [0.5, 0.6) is 0 Å². The second-order valence-corrected chi connectivity index (χ2v) is 3.87. The van der Waals surface area contributed by atoms with Crippen molar-refractivity contribution < 1.29 is 9.59 Å². The Labute approximate surface area is 115 Å². The molecular weight excluding hydrogens is 256 g/mol. The van der Waals surface area contributed by atoms with E-state index in [1.54, 1.807) is 24.5 Å². The number of nitrogens with one attached hydrogen (secondary N) is 1. The van der Waals surface area contributed by atoms with Crippen molar-refractivity contribution in [3.8, 4) is 0 Å². The minimum atomic E-state index is -1.09. The quantitative estimate of drug-likeness (QED) is 0.480. The van der Waals surface area contributed by atoms with Crippen LogP contribution in [0.1, 0.15) is 11.1 Å². The third-order valence-corrected chi connectivity index (χ3v) is 2.48. The molecule has 0 saturated carbocycles. The lowest BCUT2D eigenvalue weighted by Crippen LogP contribution is -2.33. The van der Waals surface area contributed by atoms with Gasteiger partial charge >= 0.3 is 11.8 Å². The van der Waals surface area contributed by atoms with E-state index in [2.05, 4.69) is 15.5 Å². The minimum Gasteiger partial charge on any atom is -0.361 e. The van der Waals surface area contributed by atoms with Crippen molar-refractivity contribution >= 4 is 17.5 Å². The van der Waals surface area contributed by atoms with Crippen LogP contribution in [0.4, 0.5) is 0 Å². The molecule has 2 rings (SSSR count). The molecule has 6 heteroatoms. The molecule has 2 amide bonds. The molecule has 2 aromatic rings. The van der Waals surface area contributed by atoms with Crippen molar-refractivity contribution in [2.45, 2.75) is 0 Å². The van der Waals surface area contributed by atoms with Crippen LogP contribution in [0.3, 0.4) is 0 Å². The predicted octanol–water partition coefficient (Wildman–Crippen LogP) is 0.436. The maximum Gasteiger partial charge on any atom is 0.329 e. The van der Waals surface area contributed by atoms with E-state index >= 15 is 0 Å². The summed E-state index contributed by atoms with van der Waals surface area (Å²) in [6.45, 7) is 0. The Morgan fingerprint density at radius 3 is 2.35 bits per heavy atom. The number of nitrogens with two attached hydrogens (primary N) is 1. The zero-order valence-electron chi connectivity index (χ0n) is 10.5. The summed E-state index contributed by atoms with van der Waals surface area (Å²) < 4.78 is 0. The monoisotopic (exact) mass is 268 g/mol. The predicted molar refractivity (Wildman–Crippen MR) is 73.7 cm³/mol. The summed E-state index contributed by atoms with van der Waals surface area (Å²) in [7, 11) is 0. The molecule has 0 fully saturated rings. The summed E-state index contributed by atoms with van der Waals surface area (Å²) in [5.74, 6) is -2.06. The Morgan fingerprint density at radius 1 is 1.05 bits per heavy atom. The smallest absolute Gasteiger partial charge is 0.329 e. The third-order valence-electron chi connectivity index (χ3n) is 2.48. The molecule has 6 nitrogen and oxygen atoms in total. The lowest BCUT2D eigenvalue weighted by atomic mass is 10.0. The van der Waals surface area contributed by atoms with E-state index in [0.29, 0.717) is 11.3 Å². The average molecular weight is 268 g/mol. The normalized spacial score (nSPS) is 10.9. The number of benzene rings is 1. The van der Waals surface area contributed by atoms with Gasteiger partial charge in [0.15, 0.2) is 0 Å². The number of pyridine rings is 1. The van der Waals surface area contributed by atoms with Crippen molar-refractivity contribution in [1.29, 1.82) is 0 Å². The van der Waals surface area contributed by atoms with Crippen molar-refractivity contribution in [3.05, 3.63) is 66.0 Å². The molecule has 3 N–H and O–H groups in total. The lowest BCUT2D eigenvalue weighted by molar-refractivity contribution is -0.137. The molecule has 0 aliphatic heterocycles. The van der Waals surface area contributed by atoms with E-state index in [-0.39, 0.29) is 0 Å². The molecule has 0 saturated heterocycles. The first-order chi connectivity index (χ1) is 9.68. The maximum absolute atomic E-state index is 11.2. The first kappa shape index (κ1) is 13.4. The molecule has 0 unspecified atom stereocenters. The van der Waals surface area contributed by atoms with Crippen LogP contribution < -0.4 is 11.2 Å². The molecule has 0 aliphatic rings. The van der Waals surface area contributed by atoms with Gasteiger partial charge in [0.1, 0.15) is 0 Å². The fourth-order valence-electron chi connectivity index (χ4n) is 1.56. The minimum absolute atomic E-state index is 0.494. The van der Waals surface area contributed by atoms with Crippen LogP contribution in [0.2, 0.25) is 0 Å². The number of rotatable bonds is 3. The van der Waals surface area contributed by atoms with Gasteiger partial charge in [-0.2, -0.15) is 5.10 Å². The fraction of sp³-hybridized carbons (Fsp3) is 0. The van der Waals surface area contributed by atoms with Gasteiger partial charge in [-0.3, -0.25) is 14.6 Å². The number of carbonyl (C=O) groups is 2. The number of hydrazone groups is 1. The van der Waals surface area contributed by atoms with Gasteiger partial charge in [-0.1, -0.05) is 30.3 Å². The highest BCUT2D eigenvalue weighted by molar-refractivity contribution is 6.34. The molecule has 0 radical (unpaired) electrons. The van der Waals surface area contributed by atoms with Crippen molar-refractivity contribution in [3.63, 3.8) is 0 Å². The second kappa shape index (κ2) is 6.24. The Hall–Kier alpha value is -3.02.